The molecule has 0 fully saturated rings. The van der Waals surface area contributed by atoms with Crippen molar-refractivity contribution in [1.29, 1.82) is 0 Å². The van der Waals surface area contributed by atoms with Gasteiger partial charge in [0.1, 0.15) is 6.61 Å². The normalized spacial score (nSPS) is 13.8. The fourth-order valence-electron chi connectivity index (χ4n) is 4.53. The van der Waals surface area contributed by atoms with Gasteiger partial charge in [-0.1, -0.05) is 92.9 Å². The first-order chi connectivity index (χ1) is 20.1. The van der Waals surface area contributed by atoms with E-state index in [1.54, 1.807) is 18.9 Å². The number of nitrogens with zero attached hydrogens (tertiary/aromatic N) is 3. The molecule has 1 atom stereocenters. The van der Waals surface area contributed by atoms with E-state index in [2.05, 4.69) is 54.3 Å². The van der Waals surface area contributed by atoms with E-state index in [1.165, 1.54) is 25.7 Å². The fourth-order valence-corrected chi connectivity index (χ4v) is 6.35. The van der Waals surface area contributed by atoms with Crippen molar-refractivity contribution in [2.24, 2.45) is 0 Å². The summed E-state index contributed by atoms with van der Waals surface area (Å²) in [6, 6.07) is 19.9. The standard InChI is InChI=1S/C31H32Br2N4O3S/c1-3-4-5-6-12-17-41-31-35-30-27(36-37-31)21-15-10-11-16-23(21)34-29(40-30)22-18-24(38-2)28(26(33)25(22)32)39-19-20-13-8-7-9-14-20/h7-11,13-16,18,29,34H,3-6,12,17,19H2,1-2H3/t29-/m0/s1. The number of halogens is 2. The highest BCUT2D eigenvalue weighted by Gasteiger charge is 2.30. The van der Waals surface area contributed by atoms with Gasteiger partial charge in [-0.25, -0.2) is 0 Å². The lowest BCUT2D eigenvalue weighted by Crippen LogP contribution is -2.18. The van der Waals surface area contributed by atoms with E-state index < -0.39 is 6.23 Å². The van der Waals surface area contributed by atoms with Gasteiger partial charge in [0.05, 0.1) is 11.6 Å². The Kier molecular flexibility index (Phi) is 10.4. The Morgan fingerprint density at radius 2 is 1.73 bits per heavy atom. The summed E-state index contributed by atoms with van der Waals surface area (Å²) in [5, 5.41) is 13.1. The fraction of sp³-hybridized carbons (Fsp3) is 0.323. The zero-order chi connectivity index (χ0) is 28.6. The maximum absolute atomic E-state index is 6.54. The minimum absolute atomic E-state index is 0.405. The molecular weight excluding hydrogens is 668 g/mol. The summed E-state index contributed by atoms with van der Waals surface area (Å²) in [5.41, 5.74) is 4.23. The van der Waals surface area contributed by atoms with Gasteiger partial charge in [-0.3, -0.25) is 0 Å². The lowest BCUT2D eigenvalue weighted by Gasteiger charge is -2.23. The predicted octanol–water partition coefficient (Wildman–Crippen LogP) is 9.22. The molecule has 0 saturated carbocycles. The molecule has 0 amide bonds. The molecule has 0 spiro atoms. The average Bonchev–Trinajstić information content (AvgIpc) is 3.16. The zero-order valence-electron chi connectivity index (χ0n) is 23.0. The van der Waals surface area contributed by atoms with Gasteiger partial charge in [-0.2, -0.15) is 4.98 Å². The molecule has 1 aliphatic rings. The van der Waals surface area contributed by atoms with Crippen LogP contribution in [0.15, 0.2) is 74.8 Å². The van der Waals surface area contributed by atoms with Gasteiger partial charge in [-0.05, 0) is 56.0 Å². The van der Waals surface area contributed by atoms with Crippen LogP contribution in [-0.2, 0) is 6.61 Å². The van der Waals surface area contributed by atoms with E-state index in [-0.39, 0.29) is 0 Å². The van der Waals surface area contributed by atoms with Crippen LogP contribution in [0.5, 0.6) is 17.4 Å². The molecule has 2 heterocycles. The molecule has 0 radical (unpaired) electrons. The Labute approximate surface area is 262 Å². The second-order valence-electron chi connectivity index (χ2n) is 9.60. The molecule has 0 saturated heterocycles. The highest BCUT2D eigenvalue weighted by atomic mass is 79.9. The lowest BCUT2D eigenvalue weighted by atomic mass is 10.1. The number of aromatic nitrogens is 3. The number of ether oxygens (including phenoxy) is 3. The van der Waals surface area contributed by atoms with Crippen molar-refractivity contribution in [3.05, 3.63) is 80.7 Å². The summed E-state index contributed by atoms with van der Waals surface area (Å²) in [5.74, 6) is 2.56. The monoisotopic (exact) mass is 698 g/mol. The number of hydrogen-bond donors (Lipinski definition) is 1. The summed E-state index contributed by atoms with van der Waals surface area (Å²) in [6.45, 7) is 2.63. The molecule has 7 nitrogen and oxygen atoms in total. The smallest absolute Gasteiger partial charge is 0.247 e. The third-order valence-corrected chi connectivity index (χ3v) is 9.76. The van der Waals surface area contributed by atoms with E-state index >= 15 is 0 Å². The summed E-state index contributed by atoms with van der Waals surface area (Å²) in [6.07, 6.45) is 5.52. The molecule has 3 aromatic carbocycles. The van der Waals surface area contributed by atoms with Crippen molar-refractivity contribution >= 4 is 49.3 Å². The quantitative estimate of drug-likeness (QED) is 0.116. The number of rotatable bonds is 12. The number of para-hydroxylation sites is 1. The Morgan fingerprint density at radius 3 is 2.54 bits per heavy atom. The second-order valence-corrected chi connectivity index (χ2v) is 12.2. The topological polar surface area (TPSA) is 78.4 Å². The number of thioether (sulfide) groups is 1. The van der Waals surface area contributed by atoms with Gasteiger partial charge >= 0.3 is 0 Å². The minimum atomic E-state index is -0.594. The third kappa shape index (κ3) is 7.16. The van der Waals surface area contributed by atoms with Crippen molar-refractivity contribution in [3.8, 4) is 28.6 Å². The number of hydrogen-bond acceptors (Lipinski definition) is 8. The molecular formula is C31H32Br2N4O3S. The molecule has 0 aliphatic carbocycles. The summed E-state index contributed by atoms with van der Waals surface area (Å²) in [7, 11) is 1.63. The molecule has 0 bridgehead atoms. The summed E-state index contributed by atoms with van der Waals surface area (Å²) >= 11 is 9.13. The molecule has 214 valence electrons. The van der Waals surface area contributed by atoms with Crippen LogP contribution in [0.3, 0.4) is 0 Å². The van der Waals surface area contributed by atoms with E-state index in [0.717, 1.165) is 43.5 Å². The van der Waals surface area contributed by atoms with E-state index in [4.69, 9.17) is 19.2 Å². The molecule has 1 aromatic heterocycles. The number of unbranched alkanes of at least 4 members (excludes halogenated alkanes) is 4. The number of methoxy groups -OCH3 is 1. The first-order valence-electron chi connectivity index (χ1n) is 13.7. The van der Waals surface area contributed by atoms with Crippen LogP contribution in [-0.4, -0.2) is 28.0 Å². The first kappa shape index (κ1) is 29.7. The van der Waals surface area contributed by atoms with Crippen molar-refractivity contribution < 1.29 is 14.2 Å². The Morgan fingerprint density at radius 1 is 0.951 bits per heavy atom. The lowest BCUT2D eigenvalue weighted by molar-refractivity contribution is 0.223. The van der Waals surface area contributed by atoms with Crippen LogP contribution >= 0.6 is 43.6 Å². The Balaban J connectivity index is 1.43. The third-order valence-electron chi connectivity index (χ3n) is 6.70. The van der Waals surface area contributed by atoms with Crippen LogP contribution in [0.25, 0.3) is 11.3 Å². The number of benzene rings is 3. The number of anilines is 1. The summed E-state index contributed by atoms with van der Waals surface area (Å²) in [4.78, 5) is 4.80. The zero-order valence-corrected chi connectivity index (χ0v) is 27.0. The van der Waals surface area contributed by atoms with Crippen molar-refractivity contribution in [1.82, 2.24) is 15.2 Å². The maximum atomic E-state index is 6.54. The molecule has 0 unspecified atom stereocenters. The molecule has 5 rings (SSSR count). The molecule has 41 heavy (non-hydrogen) atoms. The first-order valence-corrected chi connectivity index (χ1v) is 16.3. The van der Waals surface area contributed by atoms with Crippen LogP contribution < -0.4 is 19.5 Å². The Bertz CT molecular complexity index is 1480. The van der Waals surface area contributed by atoms with E-state index in [1.807, 2.05) is 60.7 Å². The van der Waals surface area contributed by atoms with Gasteiger partial charge in [0.2, 0.25) is 11.0 Å². The SMILES string of the molecule is CCCCCCCSc1nnc2c(n1)O[C@@H](c1cc(OC)c(OCc3ccccc3)c(Br)c1Br)Nc1ccccc1-2. The second kappa shape index (κ2) is 14.4. The highest BCUT2D eigenvalue weighted by molar-refractivity contribution is 9.13. The largest absolute Gasteiger partial charge is 0.493 e. The molecule has 1 N–H and O–H groups in total. The van der Waals surface area contributed by atoms with Crippen LogP contribution in [0.4, 0.5) is 5.69 Å². The number of nitrogens with one attached hydrogen (secondary N) is 1. The summed E-state index contributed by atoms with van der Waals surface area (Å²) < 4.78 is 20.0. The van der Waals surface area contributed by atoms with Gasteiger partial charge < -0.3 is 19.5 Å². The van der Waals surface area contributed by atoms with Crippen LogP contribution in [0.1, 0.15) is 56.4 Å². The molecule has 4 aromatic rings. The average molecular weight is 700 g/mol. The highest BCUT2D eigenvalue weighted by Crippen LogP contribution is 2.47. The van der Waals surface area contributed by atoms with Crippen LogP contribution in [0, 0.1) is 0 Å². The predicted molar refractivity (Wildman–Crippen MR) is 171 cm³/mol. The van der Waals surface area contributed by atoms with Crippen molar-refractivity contribution in [3.63, 3.8) is 0 Å². The van der Waals surface area contributed by atoms with Crippen LogP contribution in [0.2, 0.25) is 0 Å². The van der Waals surface area contributed by atoms with Crippen molar-refractivity contribution in [2.45, 2.75) is 57.0 Å². The number of fused-ring (bicyclic) bond motifs is 3. The molecule has 10 heteroatoms. The molecule has 1 aliphatic heterocycles. The maximum Gasteiger partial charge on any atom is 0.247 e. The van der Waals surface area contributed by atoms with Gasteiger partial charge in [0.15, 0.2) is 23.4 Å². The van der Waals surface area contributed by atoms with E-state index in [9.17, 15) is 0 Å². The Hall–Kier alpha value is -2.82. The van der Waals surface area contributed by atoms with Crippen molar-refractivity contribution in [2.75, 3.05) is 18.2 Å². The van der Waals surface area contributed by atoms with E-state index in [0.29, 0.717) is 34.8 Å². The minimum Gasteiger partial charge on any atom is -0.493 e. The van der Waals surface area contributed by atoms with Gasteiger partial charge in [0.25, 0.3) is 0 Å². The van der Waals surface area contributed by atoms with Gasteiger partial charge in [0, 0.05) is 27.0 Å². The van der Waals surface area contributed by atoms with Gasteiger partial charge in [-0.15, -0.1) is 10.2 Å².